The van der Waals surface area contributed by atoms with E-state index >= 15 is 0 Å². The Morgan fingerprint density at radius 3 is 2.94 bits per heavy atom. The number of halogens is 1. The molecule has 1 saturated carbocycles. The maximum atomic E-state index is 5.98. The highest BCUT2D eigenvalue weighted by atomic mass is 35.5. The Kier molecular flexibility index (Phi) is 3.71. The highest BCUT2D eigenvalue weighted by Gasteiger charge is 2.24. The van der Waals surface area contributed by atoms with Crippen LogP contribution in [-0.2, 0) is 0 Å². The predicted molar refractivity (Wildman–Crippen MR) is 79.9 cm³/mol. The topological polar surface area (TPSA) is 16.1 Å². The number of anilines is 1. The minimum Gasteiger partial charge on any atom is -0.352 e. The van der Waals surface area contributed by atoms with Crippen molar-refractivity contribution in [3.05, 3.63) is 23.7 Å². The van der Waals surface area contributed by atoms with Gasteiger partial charge in [0.1, 0.15) is 5.82 Å². The van der Waals surface area contributed by atoms with Gasteiger partial charge in [-0.2, -0.15) is 0 Å². The number of fused-ring (bicyclic) bond motifs is 1. The zero-order valence-electron chi connectivity index (χ0n) is 10.3. The molecule has 2 aromatic rings. The van der Waals surface area contributed by atoms with Crippen molar-refractivity contribution in [3.63, 3.8) is 0 Å². The van der Waals surface area contributed by atoms with Crippen LogP contribution in [0, 0.1) is 0 Å². The maximum Gasteiger partial charge on any atom is 0.137 e. The molecule has 0 aromatic carbocycles. The Hall–Kier alpha value is -0.800. The fraction of sp³-hybridized carbons (Fsp3) is 0.500. The van der Waals surface area contributed by atoms with Gasteiger partial charge in [0.2, 0.25) is 0 Å². The van der Waals surface area contributed by atoms with Gasteiger partial charge in [0.15, 0.2) is 0 Å². The van der Waals surface area contributed by atoms with Gasteiger partial charge < -0.3 is 4.90 Å². The number of hydrogen-bond acceptors (Lipinski definition) is 3. The van der Waals surface area contributed by atoms with Gasteiger partial charge >= 0.3 is 0 Å². The van der Waals surface area contributed by atoms with Crippen LogP contribution in [0.25, 0.3) is 10.1 Å². The summed E-state index contributed by atoms with van der Waals surface area (Å²) in [6.45, 7) is 0.897. The molecule has 0 spiro atoms. The Bertz CT molecular complexity index is 519. The molecular weight excluding hydrogens is 264 g/mol. The normalized spacial score (nSPS) is 16.5. The lowest BCUT2D eigenvalue weighted by Crippen LogP contribution is -2.35. The van der Waals surface area contributed by atoms with Crippen LogP contribution in [0.1, 0.15) is 25.7 Å². The lowest BCUT2D eigenvalue weighted by molar-refractivity contribution is 0.616. The van der Waals surface area contributed by atoms with Crippen molar-refractivity contribution in [2.45, 2.75) is 31.7 Å². The van der Waals surface area contributed by atoms with Crippen LogP contribution in [0.15, 0.2) is 23.7 Å². The van der Waals surface area contributed by atoms with E-state index in [1.807, 2.05) is 6.20 Å². The zero-order chi connectivity index (χ0) is 12.4. The minimum atomic E-state index is 0.627. The molecule has 2 heterocycles. The Balaban J connectivity index is 2.00. The molecule has 0 saturated heterocycles. The lowest BCUT2D eigenvalue weighted by Gasteiger charge is -2.30. The Labute approximate surface area is 117 Å². The van der Waals surface area contributed by atoms with Crippen LogP contribution in [0.2, 0.25) is 0 Å². The Morgan fingerprint density at radius 2 is 2.17 bits per heavy atom. The average molecular weight is 281 g/mol. The second kappa shape index (κ2) is 5.45. The molecule has 0 bridgehead atoms. The van der Waals surface area contributed by atoms with Crippen molar-refractivity contribution < 1.29 is 0 Å². The summed E-state index contributed by atoms with van der Waals surface area (Å²) in [6, 6.07) is 4.90. The number of aromatic nitrogens is 1. The molecule has 18 heavy (non-hydrogen) atoms. The summed E-state index contributed by atoms with van der Waals surface area (Å²) >= 11 is 7.76. The van der Waals surface area contributed by atoms with Crippen molar-refractivity contribution in [2.75, 3.05) is 17.3 Å². The largest absolute Gasteiger partial charge is 0.352 e. The first-order chi connectivity index (χ1) is 8.90. The van der Waals surface area contributed by atoms with Crippen molar-refractivity contribution in [1.29, 1.82) is 0 Å². The molecule has 4 heteroatoms. The molecule has 1 fully saturated rings. The summed E-state index contributed by atoms with van der Waals surface area (Å²) in [5.41, 5.74) is 0. The second-order valence-electron chi connectivity index (χ2n) is 4.79. The molecule has 0 atom stereocenters. The number of pyridine rings is 1. The van der Waals surface area contributed by atoms with Crippen LogP contribution in [0.4, 0.5) is 5.82 Å². The van der Waals surface area contributed by atoms with Gasteiger partial charge in [-0.15, -0.1) is 22.9 Å². The first-order valence-corrected chi connectivity index (χ1v) is 7.96. The third-order valence-corrected chi connectivity index (χ3v) is 4.77. The van der Waals surface area contributed by atoms with Crippen LogP contribution < -0.4 is 4.90 Å². The molecule has 0 amide bonds. The van der Waals surface area contributed by atoms with E-state index in [1.54, 1.807) is 11.3 Å². The van der Waals surface area contributed by atoms with E-state index in [2.05, 4.69) is 27.4 Å². The summed E-state index contributed by atoms with van der Waals surface area (Å²) in [6.07, 6.45) is 7.15. The number of hydrogen-bond donors (Lipinski definition) is 0. The fourth-order valence-corrected chi connectivity index (χ4v) is 3.84. The van der Waals surface area contributed by atoms with Crippen molar-refractivity contribution in [2.24, 2.45) is 0 Å². The van der Waals surface area contributed by atoms with Crippen LogP contribution in [0.5, 0.6) is 0 Å². The molecule has 96 valence electrons. The van der Waals surface area contributed by atoms with E-state index in [4.69, 9.17) is 11.6 Å². The zero-order valence-corrected chi connectivity index (χ0v) is 11.9. The van der Waals surface area contributed by atoms with Gasteiger partial charge in [-0.25, -0.2) is 4.98 Å². The fourth-order valence-electron chi connectivity index (χ4n) is 2.88. The van der Waals surface area contributed by atoms with Gasteiger partial charge in [0, 0.05) is 34.7 Å². The maximum absolute atomic E-state index is 5.98. The SMILES string of the molecule is ClCCN(c1nccc2sccc12)C1CCCC1. The van der Waals surface area contributed by atoms with E-state index < -0.39 is 0 Å². The number of nitrogens with zero attached hydrogens (tertiary/aromatic N) is 2. The molecule has 0 aliphatic heterocycles. The third-order valence-electron chi connectivity index (χ3n) is 3.72. The molecule has 2 aromatic heterocycles. The van der Waals surface area contributed by atoms with E-state index in [0.29, 0.717) is 11.9 Å². The van der Waals surface area contributed by atoms with E-state index in [-0.39, 0.29) is 0 Å². The highest BCUT2D eigenvalue weighted by molar-refractivity contribution is 7.17. The summed E-state index contributed by atoms with van der Waals surface area (Å²) in [7, 11) is 0. The van der Waals surface area contributed by atoms with Crippen LogP contribution in [-0.4, -0.2) is 23.5 Å². The standard InChI is InChI=1S/C14H17ClN2S/c15-7-9-17(11-3-1-2-4-11)14-12-6-10-18-13(12)5-8-16-14/h5-6,8,10-11H,1-4,7,9H2. The molecular formula is C14H17ClN2S. The Morgan fingerprint density at radius 1 is 1.33 bits per heavy atom. The van der Waals surface area contributed by atoms with Crippen LogP contribution in [0.3, 0.4) is 0 Å². The molecule has 1 aliphatic rings. The van der Waals surface area contributed by atoms with Gasteiger partial charge in [-0.3, -0.25) is 0 Å². The van der Waals surface area contributed by atoms with Crippen LogP contribution >= 0.6 is 22.9 Å². The van der Waals surface area contributed by atoms with Crippen molar-refractivity contribution in [3.8, 4) is 0 Å². The monoisotopic (exact) mass is 280 g/mol. The van der Waals surface area contributed by atoms with E-state index in [9.17, 15) is 0 Å². The first-order valence-electron chi connectivity index (χ1n) is 6.55. The summed E-state index contributed by atoms with van der Waals surface area (Å²) in [5, 5.41) is 3.42. The average Bonchev–Trinajstić information content (AvgIpc) is 3.06. The number of thiophene rings is 1. The summed E-state index contributed by atoms with van der Waals surface area (Å²) < 4.78 is 1.32. The van der Waals surface area contributed by atoms with E-state index in [1.165, 1.54) is 35.8 Å². The van der Waals surface area contributed by atoms with Gasteiger partial charge in [0.05, 0.1) is 0 Å². The summed E-state index contributed by atoms with van der Waals surface area (Å²) in [5.74, 6) is 1.79. The highest BCUT2D eigenvalue weighted by Crippen LogP contribution is 2.33. The molecule has 3 rings (SSSR count). The van der Waals surface area contributed by atoms with Crippen molar-refractivity contribution in [1.82, 2.24) is 4.98 Å². The molecule has 0 N–H and O–H groups in total. The third kappa shape index (κ3) is 2.21. The molecule has 2 nitrogen and oxygen atoms in total. The second-order valence-corrected chi connectivity index (χ2v) is 6.11. The predicted octanol–water partition coefficient (Wildman–Crippen LogP) is 4.28. The number of rotatable bonds is 4. The minimum absolute atomic E-state index is 0.627. The molecule has 1 aliphatic carbocycles. The van der Waals surface area contributed by atoms with Gasteiger partial charge in [-0.1, -0.05) is 12.8 Å². The number of alkyl halides is 1. The van der Waals surface area contributed by atoms with Crippen molar-refractivity contribution >= 4 is 38.8 Å². The quantitative estimate of drug-likeness (QED) is 0.777. The molecule has 0 unspecified atom stereocenters. The lowest BCUT2D eigenvalue weighted by atomic mass is 10.2. The van der Waals surface area contributed by atoms with Gasteiger partial charge in [-0.05, 0) is 30.4 Å². The smallest absolute Gasteiger partial charge is 0.137 e. The van der Waals surface area contributed by atoms with Gasteiger partial charge in [0.25, 0.3) is 0 Å². The van der Waals surface area contributed by atoms with E-state index in [0.717, 1.165) is 12.4 Å². The summed E-state index contributed by atoms with van der Waals surface area (Å²) in [4.78, 5) is 7.04. The first kappa shape index (κ1) is 12.2. The molecule has 0 radical (unpaired) electrons.